The van der Waals surface area contributed by atoms with Gasteiger partial charge in [0.05, 0.1) is 24.4 Å². The summed E-state index contributed by atoms with van der Waals surface area (Å²) in [6.07, 6.45) is 2.07. The van der Waals surface area contributed by atoms with Crippen LogP contribution in [-0.4, -0.2) is 71.2 Å². The molecule has 3 atom stereocenters. The van der Waals surface area contributed by atoms with E-state index >= 15 is 4.39 Å². The van der Waals surface area contributed by atoms with E-state index < -0.39 is 43.5 Å². The first-order valence-corrected chi connectivity index (χ1v) is 18.8. The number of benzene rings is 1. The molecular formula is C35H45FN7O9P. The van der Waals surface area contributed by atoms with Gasteiger partial charge in [-0.2, -0.15) is 10.2 Å². The van der Waals surface area contributed by atoms with Crippen molar-refractivity contribution >= 4 is 37.0 Å². The standard InChI is InChI=1S/C35H45FN7O9P/c1-20-11-21(2)31(28(12-20)52-53(46,47)48)34(3,4)17-30(44)50-19-43-29(38-32-26-15-23(18-49-6)40-42(26)10-9-37-32)16-25(41-43)22-13-24(36)27(14-22)51-33(45)39-35(5)7-8-35/h9-12,15-16,22,24,27H,7-8,13-14,17-19H2,1-6H3,(H,37,38)(H,39,45)(H2,46,47,48)/t22-,24+,27-/m1/s1. The van der Waals surface area contributed by atoms with Crippen molar-refractivity contribution in [3.8, 4) is 5.75 Å². The Morgan fingerprint density at radius 2 is 1.89 bits per heavy atom. The third kappa shape index (κ3) is 9.15. The molecule has 4 N–H and O–H groups in total. The van der Waals surface area contributed by atoms with Gasteiger partial charge in [0.2, 0.25) is 0 Å². The van der Waals surface area contributed by atoms with Gasteiger partial charge in [-0.1, -0.05) is 19.9 Å². The Balaban J connectivity index is 1.23. The smallest absolute Gasteiger partial charge is 0.443 e. The molecule has 16 nitrogen and oxygen atoms in total. The number of anilines is 2. The molecule has 2 aliphatic rings. The molecule has 0 aliphatic heterocycles. The third-order valence-corrected chi connectivity index (χ3v) is 9.99. The highest BCUT2D eigenvalue weighted by Gasteiger charge is 2.43. The SMILES string of the molecule is COCc1cc2c(Nc3cc([C@@H]4C[C@H](F)[C@H](OC(=O)NC5(C)CC5)C4)nn3COC(=O)CC(C)(C)c3c(C)cc(C)cc3OP(=O)(O)O)nccn2n1. The van der Waals surface area contributed by atoms with Gasteiger partial charge in [-0.25, -0.2) is 27.9 Å². The molecule has 286 valence electrons. The zero-order chi connectivity index (χ0) is 38.3. The van der Waals surface area contributed by atoms with Gasteiger partial charge < -0.3 is 29.4 Å². The summed E-state index contributed by atoms with van der Waals surface area (Å²) in [4.78, 5) is 49.5. The predicted octanol–water partition coefficient (Wildman–Crippen LogP) is 5.64. The number of methoxy groups -OCH3 is 1. The van der Waals surface area contributed by atoms with Crippen molar-refractivity contribution in [2.24, 2.45) is 0 Å². The summed E-state index contributed by atoms with van der Waals surface area (Å²) in [5.74, 6) is -0.214. The minimum Gasteiger partial charge on any atom is -0.443 e. The van der Waals surface area contributed by atoms with Crippen LogP contribution < -0.4 is 15.2 Å². The number of ether oxygens (including phenoxy) is 3. The lowest BCUT2D eigenvalue weighted by Gasteiger charge is -2.29. The first kappa shape index (κ1) is 38.2. The Bertz CT molecular complexity index is 2060. The summed E-state index contributed by atoms with van der Waals surface area (Å²) >= 11 is 0. The van der Waals surface area contributed by atoms with Gasteiger partial charge in [-0.05, 0) is 69.7 Å². The van der Waals surface area contributed by atoms with Crippen molar-refractivity contribution < 1.29 is 47.1 Å². The quantitative estimate of drug-likeness (QED) is 0.0911. The molecule has 18 heteroatoms. The zero-order valence-corrected chi connectivity index (χ0v) is 31.4. The fourth-order valence-corrected chi connectivity index (χ4v) is 7.31. The average molecular weight is 758 g/mol. The molecule has 0 radical (unpaired) electrons. The number of amides is 1. The number of phosphoric ester groups is 1. The molecule has 0 saturated heterocycles. The maximum Gasteiger partial charge on any atom is 0.524 e. The molecule has 1 aromatic carbocycles. The average Bonchev–Trinajstić information content (AvgIpc) is 3.33. The predicted molar refractivity (Wildman–Crippen MR) is 189 cm³/mol. The summed E-state index contributed by atoms with van der Waals surface area (Å²) in [6.45, 7) is 8.92. The first-order chi connectivity index (χ1) is 24.9. The van der Waals surface area contributed by atoms with Gasteiger partial charge in [0.1, 0.15) is 29.4 Å². The number of phosphoric acid groups is 1. The number of hydrogen-bond acceptors (Lipinski definition) is 11. The number of rotatable bonds is 14. The molecule has 0 unspecified atom stereocenters. The second-order valence-corrected chi connectivity index (χ2v) is 16.0. The Kier molecular flexibility index (Phi) is 10.6. The molecule has 2 aliphatic carbocycles. The van der Waals surface area contributed by atoms with Crippen LogP contribution in [0.4, 0.5) is 20.8 Å². The number of carbonyl (C=O) groups is 2. The molecule has 0 bridgehead atoms. The van der Waals surface area contributed by atoms with E-state index in [1.54, 1.807) is 57.8 Å². The molecule has 0 spiro atoms. The molecule has 6 rings (SSSR count). The van der Waals surface area contributed by atoms with Crippen LogP contribution in [0.15, 0.2) is 36.7 Å². The highest BCUT2D eigenvalue weighted by Crippen LogP contribution is 2.45. The number of alkyl carbamates (subject to hydrolysis) is 1. The van der Waals surface area contributed by atoms with Gasteiger partial charge in [0.25, 0.3) is 0 Å². The van der Waals surface area contributed by atoms with Crippen LogP contribution in [0.1, 0.15) is 86.9 Å². The van der Waals surface area contributed by atoms with Gasteiger partial charge in [0.15, 0.2) is 12.5 Å². The van der Waals surface area contributed by atoms with Crippen LogP contribution in [0.3, 0.4) is 0 Å². The number of hydrogen-bond donors (Lipinski definition) is 4. The fraction of sp³-hybridized carbons (Fsp3) is 0.514. The van der Waals surface area contributed by atoms with E-state index in [1.165, 1.54) is 10.7 Å². The van der Waals surface area contributed by atoms with Crippen LogP contribution in [-0.2, 0) is 42.3 Å². The molecule has 3 heterocycles. The molecular weight excluding hydrogens is 712 g/mol. The number of fused-ring (bicyclic) bond motifs is 1. The normalized spacial score (nSPS) is 19.6. The van der Waals surface area contributed by atoms with E-state index in [1.807, 2.05) is 19.1 Å². The zero-order valence-electron chi connectivity index (χ0n) is 30.5. The van der Waals surface area contributed by atoms with Crippen molar-refractivity contribution in [2.45, 2.75) is 109 Å². The van der Waals surface area contributed by atoms with Crippen molar-refractivity contribution in [2.75, 3.05) is 12.4 Å². The van der Waals surface area contributed by atoms with Crippen molar-refractivity contribution in [3.63, 3.8) is 0 Å². The lowest BCUT2D eigenvalue weighted by Crippen LogP contribution is -2.38. The number of nitrogens with zero attached hydrogens (tertiary/aromatic N) is 5. The highest BCUT2D eigenvalue weighted by molar-refractivity contribution is 7.46. The van der Waals surface area contributed by atoms with Gasteiger partial charge in [0, 0.05) is 48.0 Å². The van der Waals surface area contributed by atoms with E-state index in [-0.39, 0.29) is 43.9 Å². The number of alkyl halides is 1. The number of carbonyl (C=O) groups excluding carboxylic acids is 2. The molecule has 3 aromatic heterocycles. The minimum atomic E-state index is -4.89. The number of aryl methyl sites for hydroxylation is 2. The van der Waals surface area contributed by atoms with Crippen LogP contribution in [0, 0.1) is 13.8 Å². The van der Waals surface area contributed by atoms with Crippen LogP contribution in [0.25, 0.3) is 5.52 Å². The Hall–Kier alpha value is -4.57. The molecule has 4 aromatic rings. The second-order valence-electron chi connectivity index (χ2n) is 14.8. The molecule has 2 saturated carbocycles. The van der Waals surface area contributed by atoms with Gasteiger partial charge >= 0.3 is 19.9 Å². The molecule has 1 amide bonds. The van der Waals surface area contributed by atoms with Crippen LogP contribution in [0.5, 0.6) is 5.75 Å². The number of esters is 1. The summed E-state index contributed by atoms with van der Waals surface area (Å²) in [5, 5.41) is 15.3. The summed E-state index contributed by atoms with van der Waals surface area (Å²) in [5.41, 5.74) is 2.43. The van der Waals surface area contributed by atoms with Crippen molar-refractivity contribution in [1.29, 1.82) is 0 Å². The maximum absolute atomic E-state index is 15.2. The van der Waals surface area contributed by atoms with Gasteiger partial charge in [-0.3, -0.25) is 14.6 Å². The number of nitrogens with one attached hydrogen (secondary N) is 2. The summed E-state index contributed by atoms with van der Waals surface area (Å²) in [6, 6.07) is 6.90. The van der Waals surface area contributed by atoms with E-state index in [4.69, 9.17) is 23.8 Å². The van der Waals surface area contributed by atoms with E-state index in [2.05, 4.69) is 20.7 Å². The topological polar surface area (TPSA) is 201 Å². The summed E-state index contributed by atoms with van der Waals surface area (Å²) < 4.78 is 51.6. The maximum atomic E-state index is 15.2. The highest BCUT2D eigenvalue weighted by atomic mass is 31.2. The number of halogens is 1. The second kappa shape index (κ2) is 14.7. The summed E-state index contributed by atoms with van der Waals surface area (Å²) in [7, 11) is -3.32. The van der Waals surface area contributed by atoms with E-state index in [9.17, 15) is 23.9 Å². The number of aromatic nitrogens is 5. The third-order valence-electron chi connectivity index (χ3n) is 9.56. The Morgan fingerprint density at radius 1 is 1.13 bits per heavy atom. The Morgan fingerprint density at radius 3 is 2.58 bits per heavy atom. The van der Waals surface area contributed by atoms with Crippen LogP contribution >= 0.6 is 7.82 Å². The largest absolute Gasteiger partial charge is 0.524 e. The Labute approximate surface area is 305 Å². The first-order valence-electron chi connectivity index (χ1n) is 17.2. The van der Waals surface area contributed by atoms with Crippen molar-refractivity contribution in [3.05, 3.63) is 64.7 Å². The fourth-order valence-electron chi connectivity index (χ4n) is 6.91. The van der Waals surface area contributed by atoms with Gasteiger partial charge in [-0.15, -0.1) is 0 Å². The lowest BCUT2D eigenvalue weighted by atomic mass is 9.78. The van der Waals surface area contributed by atoms with Crippen LogP contribution in [0.2, 0.25) is 0 Å². The lowest BCUT2D eigenvalue weighted by molar-refractivity contribution is -0.149. The molecule has 2 fully saturated rings. The van der Waals surface area contributed by atoms with E-state index in [0.29, 0.717) is 39.7 Å². The van der Waals surface area contributed by atoms with E-state index in [0.717, 1.165) is 18.4 Å². The molecule has 53 heavy (non-hydrogen) atoms. The minimum absolute atomic E-state index is 0.0173. The monoisotopic (exact) mass is 757 g/mol. The van der Waals surface area contributed by atoms with Crippen molar-refractivity contribution in [1.82, 2.24) is 29.7 Å².